The van der Waals surface area contributed by atoms with Crippen LogP contribution in [0.15, 0.2) is 28.9 Å². The summed E-state index contributed by atoms with van der Waals surface area (Å²) in [5, 5.41) is 3.47. The van der Waals surface area contributed by atoms with Crippen LogP contribution in [0.2, 0.25) is 0 Å². The number of benzene rings is 1. The third-order valence-corrected chi connectivity index (χ3v) is 3.95. The molecule has 5 heteroatoms. The first kappa shape index (κ1) is 14.5. The Hall–Kier alpha value is -2.43. The third-order valence-electron chi connectivity index (χ3n) is 3.95. The Balaban J connectivity index is 1.95. The molecule has 0 aliphatic carbocycles. The minimum Gasteiger partial charge on any atom is -0.422 e. The quantitative estimate of drug-likeness (QED) is 0.785. The first-order valence-corrected chi connectivity index (χ1v) is 7.50. The fourth-order valence-corrected chi connectivity index (χ4v) is 2.53. The van der Waals surface area contributed by atoms with Gasteiger partial charge in [0.25, 0.3) is 5.71 Å². The van der Waals surface area contributed by atoms with Crippen molar-refractivity contribution in [1.82, 2.24) is 15.0 Å². The maximum atomic E-state index is 5.46. The highest BCUT2D eigenvalue weighted by Gasteiger charge is 2.15. The van der Waals surface area contributed by atoms with Crippen molar-refractivity contribution in [2.45, 2.75) is 40.2 Å². The summed E-state index contributed by atoms with van der Waals surface area (Å²) in [5.74, 6) is 1.31. The Labute approximate surface area is 129 Å². The van der Waals surface area contributed by atoms with Crippen LogP contribution in [0.4, 0.5) is 5.82 Å². The average Bonchev–Trinajstić information content (AvgIpc) is 2.88. The van der Waals surface area contributed by atoms with Gasteiger partial charge in [-0.3, -0.25) is 0 Å². The summed E-state index contributed by atoms with van der Waals surface area (Å²) >= 11 is 0. The predicted molar refractivity (Wildman–Crippen MR) is 86.9 cm³/mol. The summed E-state index contributed by atoms with van der Waals surface area (Å²) in [6.07, 6.45) is 2.45. The number of hydrogen-bond acceptors (Lipinski definition) is 5. The van der Waals surface area contributed by atoms with Gasteiger partial charge in [0.15, 0.2) is 17.2 Å². The normalized spacial score (nSPS) is 12.5. The van der Waals surface area contributed by atoms with E-state index >= 15 is 0 Å². The Morgan fingerprint density at radius 1 is 1.14 bits per heavy atom. The topological polar surface area (TPSA) is 63.8 Å². The van der Waals surface area contributed by atoms with E-state index in [-0.39, 0.29) is 6.04 Å². The molecule has 1 atom stereocenters. The molecule has 1 unspecified atom stereocenters. The molecule has 1 aromatic carbocycles. The maximum absolute atomic E-state index is 5.46. The van der Waals surface area contributed by atoms with Crippen LogP contribution in [0.25, 0.3) is 11.2 Å². The van der Waals surface area contributed by atoms with Gasteiger partial charge in [0, 0.05) is 6.92 Å². The molecule has 0 saturated carbocycles. The number of rotatable bonds is 4. The van der Waals surface area contributed by atoms with Crippen molar-refractivity contribution in [3.63, 3.8) is 0 Å². The lowest BCUT2D eigenvalue weighted by molar-refractivity contribution is 0.551. The Kier molecular flexibility index (Phi) is 3.79. The highest BCUT2D eigenvalue weighted by Crippen LogP contribution is 2.27. The van der Waals surface area contributed by atoms with E-state index in [2.05, 4.69) is 59.2 Å². The summed E-state index contributed by atoms with van der Waals surface area (Å²) in [7, 11) is 0. The maximum Gasteiger partial charge on any atom is 0.252 e. The van der Waals surface area contributed by atoms with Crippen LogP contribution in [0.3, 0.4) is 0 Å². The largest absolute Gasteiger partial charge is 0.422 e. The van der Waals surface area contributed by atoms with E-state index in [4.69, 9.17) is 4.42 Å². The van der Waals surface area contributed by atoms with E-state index in [0.29, 0.717) is 22.9 Å². The highest BCUT2D eigenvalue weighted by atomic mass is 16.4. The number of nitrogens with zero attached hydrogens (tertiary/aromatic N) is 3. The number of nitrogens with one attached hydrogen (secondary N) is 1. The van der Waals surface area contributed by atoms with Gasteiger partial charge in [-0.05, 0) is 37.0 Å². The minimum absolute atomic E-state index is 0.175. The Morgan fingerprint density at radius 3 is 2.68 bits per heavy atom. The van der Waals surface area contributed by atoms with Crippen LogP contribution < -0.4 is 5.32 Å². The molecule has 2 heterocycles. The molecule has 5 nitrogen and oxygen atoms in total. The zero-order chi connectivity index (χ0) is 15.7. The molecule has 0 radical (unpaired) electrons. The van der Waals surface area contributed by atoms with Crippen molar-refractivity contribution >= 4 is 17.0 Å². The van der Waals surface area contributed by atoms with Crippen molar-refractivity contribution in [2.75, 3.05) is 5.32 Å². The molecular weight excluding hydrogens is 276 g/mol. The number of fused-ring (bicyclic) bond motifs is 1. The first-order valence-electron chi connectivity index (χ1n) is 7.50. The van der Waals surface area contributed by atoms with Crippen LogP contribution in [0.1, 0.15) is 42.0 Å². The van der Waals surface area contributed by atoms with Crippen LogP contribution in [0, 0.1) is 20.8 Å². The van der Waals surface area contributed by atoms with Gasteiger partial charge in [-0.25, -0.2) is 9.97 Å². The molecule has 0 bridgehead atoms. The van der Waals surface area contributed by atoms with E-state index in [0.717, 1.165) is 6.42 Å². The lowest BCUT2D eigenvalue weighted by Crippen LogP contribution is -2.11. The predicted octanol–water partition coefficient (Wildman–Crippen LogP) is 4.11. The summed E-state index contributed by atoms with van der Waals surface area (Å²) in [5.41, 5.74) is 5.04. The van der Waals surface area contributed by atoms with Gasteiger partial charge in [0.1, 0.15) is 6.33 Å². The SMILES string of the molecule is CCC(Nc1ncnc2oc(C)nc12)c1ccc(C)c(C)c1. The monoisotopic (exact) mass is 296 g/mol. The molecular formula is C17H20N4O. The van der Waals surface area contributed by atoms with Gasteiger partial charge in [0.05, 0.1) is 6.04 Å². The van der Waals surface area contributed by atoms with Crippen molar-refractivity contribution < 1.29 is 4.42 Å². The number of aryl methyl sites for hydroxylation is 3. The van der Waals surface area contributed by atoms with Gasteiger partial charge < -0.3 is 9.73 Å². The van der Waals surface area contributed by atoms with E-state index in [1.807, 2.05) is 6.92 Å². The van der Waals surface area contributed by atoms with Crippen LogP contribution in [-0.4, -0.2) is 15.0 Å². The van der Waals surface area contributed by atoms with Gasteiger partial charge in [-0.2, -0.15) is 4.98 Å². The third kappa shape index (κ3) is 2.66. The van der Waals surface area contributed by atoms with Crippen LogP contribution >= 0.6 is 0 Å². The molecule has 0 aliphatic rings. The van der Waals surface area contributed by atoms with E-state index in [1.54, 1.807) is 0 Å². The fourth-order valence-electron chi connectivity index (χ4n) is 2.53. The molecule has 0 fully saturated rings. The molecule has 0 aliphatic heterocycles. The number of anilines is 1. The van der Waals surface area contributed by atoms with E-state index < -0.39 is 0 Å². The Morgan fingerprint density at radius 2 is 1.95 bits per heavy atom. The number of hydrogen-bond donors (Lipinski definition) is 1. The second-order valence-corrected chi connectivity index (χ2v) is 5.56. The summed E-state index contributed by atoms with van der Waals surface area (Å²) in [4.78, 5) is 12.8. The zero-order valence-corrected chi connectivity index (χ0v) is 13.3. The summed E-state index contributed by atoms with van der Waals surface area (Å²) in [6.45, 7) is 8.22. The van der Waals surface area contributed by atoms with Crippen LogP contribution in [0.5, 0.6) is 0 Å². The highest BCUT2D eigenvalue weighted by molar-refractivity contribution is 5.81. The van der Waals surface area contributed by atoms with E-state index in [1.165, 1.54) is 23.0 Å². The van der Waals surface area contributed by atoms with Gasteiger partial charge in [-0.15, -0.1) is 0 Å². The van der Waals surface area contributed by atoms with Crippen molar-refractivity contribution in [1.29, 1.82) is 0 Å². The number of oxazole rings is 1. The second-order valence-electron chi connectivity index (χ2n) is 5.56. The average molecular weight is 296 g/mol. The van der Waals surface area contributed by atoms with Gasteiger partial charge in [-0.1, -0.05) is 25.1 Å². The van der Waals surface area contributed by atoms with Crippen molar-refractivity contribution in [3.05, 3.63) is 47.1 Å². The van der Waals surface area contributed by atoms with Crippen molar-refractivity contribution in [3.8, 4) is 0 Å². The smallest absolute Gasteiger partial charge is 0.252 e. The molecule has 22 heavy (non-hydrogen) atoms. The first-order chi connectivity index (χ1) is 10.6. The molecule has 2 aromatic heterocycles. The zero-order valence-electron chi connectivity index (χ0n) is 13.3. The van der Waals surface area contributed by atoms with Crippen molar-refractivity contribution in [2.24, 2.45) is 0 Å². The standard InChI is InChI=1S/C17H20N4O/c1-5-14(13-7-6-10(2)11(3)8-13)21-16-15-17(19-9-18-16)22-12(4)20-15/h6-9,14H,5H2,1-4H3,(H,18,19,21). The molecule has 0 amide bonds. The Bertz CT molecular complexity index is 810. The fraction of sp³-hybridized carbons (Fsp3) is 0.353. The van der Waals surface area contributed by atoms with E-state index in [9.17, 15) is 0 Å². The summed E-state index contributed by atoms with van der Waals surface area (Å²) < 4.78 is 5.46. The van der Waals surface area contributed by atoms with Crippen LogP contribution in [-0.2, 0) is 0 Å². The lowest BCUT2D eigenvalue weighted by atomic mass is 9.99. The number of aromatic nitrogens is 3. The molecule has 0 saturated heterocycles. The molecule has 1 N–H and O–H groups in total. The second kappa shape index (κ2) is 5.75. The molecule has 3 rings (SSSR count). The molecule has 114 valence electrons. The molecule has 3 aromatic rings. The summed E-state index contributed by atoms with van der Waals surface area (Å²) in [6, 6.07) is 6.72. The van der Waals surface area contributed by atoms with Gasteiger partial charge in [0.2, 0.25) is 0 Å². The van der Waals surface area contributed by atoms with Gasteiger partial charge >= 0.3 is 0 Å². The molecule has 0 spiro atoms. The lowest BCUT2D eigenvalue weighted by Gasteiger charge is -2.19. The minimum atomic E-state index is 0.175.